The van der Waals surface area contributed by atoms with Crippen molar-refractivity contribution in [2.24, 2.45) is 0 Å². The number of urea groups is 1. The molecule has 0 radical (unpaired) electrons. The molecule has 1 aliphatic rings. The van der Waals surface area contributed by atoms with Crippen LogP contribution in [0.15, 0.2) is 23.0 Å². The Labute approximate surface area is 160 Å². The normalized spacial score (nSPS) is 14.1. The molecule has 0 fully saturated rings. The summed E-state index contributed by atoms with van der Waals surface area (Å²) in [4.78, 5) is 34.6. The Bertz CT molecular complexity index is 973. The Morgan fingerprint density at radius 3 is 2.71 bits per heavy atom. The summed E-state index contributed by atoms with van der Waals surface area (Å²) in [6.45, 7) is 1.31. The molecule has 4 N–H and O–H groups in total. The topological polar surface area (TPSA) is 124 Å². The van der Waals surface area contributed by atoms with Crippen LogP contribution in [-0.2, 0) is 24.1 Å². The minimum atomic E-state index is -1.20. The number of rotatable bonds is 5. The number of hydrogen-bond acceptors (Lipinski definition) is 4. The predicted molar refractivity (Wildman–Crippen MR) is 100.0 cm³/mol. The number of carboxylic acid groups (broad SMARTS) is 1. The van der Waals surface area contributed by atoms with Crippen LogP contribution in [0.25, 0.3) is 0 Å². The van der Waals surface area contributed by atoms with Crippen molar-refractivity contribution >= 4 is 17.7 Å². The van der Waals surface area contributed by atoms with Crippen LogP contribution in [0.5, 0.6) is 0 Å². The molecule has 0 bridgehead atoms. The van der Waals surface area contributed by atoms with Gasteiger partial charge < -0.3 is 15.7 Å². The van der Waals surface area contributed by atoms with Crippen molar-refractivity contribution in [2.45, 2.75) is 45.1 Å². The number of nitrogens with one attached hydrogen (secondary N) is 3. The number of aromatic amines is 1. The van der Waals surface area contributed by atoms with Crippen LogP contribution in [0.2, 0.25) is 0 Å². The van der Waals surface area contributed by atoms with Crippen LogP contribution < -0.4 is 16.2 Å². The number of aliphatic carboxylic acids is 1. The van der Waals surface area contributed by atoms with Crippen LogP contribution in [0.3, 0.4) is 0 Å². The number of amides is 2. The monoisotopic (exact) mass is 388 g/mol. The van der Waals surface area contributed by atoms with Gasteiger partial charge in [0.25, 0.3) is 5.56 Å². The van der Waals surface area contributed by atoms with Gasteiger partial charge in [-0.15, -0.1) is 0 Å². The zero-order chi connectivity index (χ0) is 20.3. The SMILES string of the molecule is CC(NC(=O)Nc1cc(Cc2n[nH]c(=O)c3c2CCCC3)ccc1F)C(=O)O. The zero-order valence-electron chi connectivity index (χ0n) is 15.3. The molecule has 2 aromatic rings. The maximum absolute atomic E-state index is 14.1. The molecule has 0 aliphatic heterocycles. The van der Waals surface area contributed by atoms with Crippen molar-refractivity contribution in [3.05, 3.63) is 56.8 Å². The summed E-state index contributed by atoms with van der Waals surface area (Å²) in [6.07, 6.45) is 3.83. The van der Waals surface area contributed by atoms with Gasteiger partial charge in [0.1, 0.15) is 11.9 Å². The third kappa shape index (κ3) is 4.36. The third-order valence-electron chi connectivity index (χ3n) is 4.75. The predicted octanol–water partition coefficient (Wildman–Crippen LogP) is 1.97. The average molecular weight is 388 g/mol. The fraction of sp³-hybridized carbons (Fsp3) is 0.368. The van der Waals surface area contributed by atoms with E-state index in [0.717, 1.165) is 42.5 Å². The molecule has 0 saturated carbocycles. The molecule has 1 aromatic carbocycles. The number of nitrogens with zero attached hydrogens (tertiary/aromatic N) is 1. The van der Waals surface area contributed by atoms with E-state index < -0.39 is 23.9 Å². The van der Waals surface area contributed by atoms with Gasteiger partial charge in [-0.3, -0.25) is 9.59 Å². The molecule has 1 heterocycles. The van der Waals surface area contributed by atoms with Gasteiger partial charge in [0.05, 0.1) is 11.4 Å². The largest absolute Gasteiger partial charge is 0.480 e. The molecular formula is C19H21FN4O4. The highest BCUT2D eigenvalue weighted by Gasteiger charge is 2.19. The summed E-state index contributed by atoms with van der Waals surface area (Å²) in [5.74, 6) is -1.84. The van der Waals surface area contributed by atoms with Crippen LogP contribution >= 0.6 is 0 Å². The third-order valence-corrected chi connectivity index (χ3v) is 4.75. The van der Waals surface area contributed by atoms with Crippen LogP contribution in [0.1, 0.15) is 42.1 Å². The lowest BCUT2D eigenvalue weighted by Crippen LogP contribution is -2.41. The summed E-state index contributed by atoms with van der Waals surface area (Å²) in [5, 5.41) is 20.0. The van der Waals surface area contributed by atoms with Crippen LogP contribution in [0, 0.1) is 5.82 Å². The van der Waals surface area contributed by atoms with E-state index in [4.69, 9.17) is 5.11 Å². The molecule has 1 aromatic heterocycles. The number of hydrogen-bond donors (Lipinski definition) is 4. The minimum absolute atomic E-state index is 0.0640. The molecule has 3 rings (SSSR count). The quantitative estimate of drug-likeness (QED) is 0.623. The number of anilines is 1. The van der Waals surface area contributed by atoms with E-state index in [1.165, 1.54) is 19.1 Å². The Morgan fingerprint density at radius 2 is 2.00 bits per heavy atom. The summed E-state index contributed by atoms with van der Waals surface area (Å²) in [6, 6.07) is 2.36. The average Bonchev–Trinajstić information content (AvgIpc) is 2.66. The number of carboxylic acids is 1. The Kier molecular flexibility index (Phi) is 5.72. The fourth-order valence-corrected chi connectivity index (χ4v) is 3.26. The van der Waals surface area contributed by atoms with Gasteiger partial charge in [0.15, 0.2) is 0 Å². The molecule has 1 aliphatic carbocycles. The van der Waals surface area contributed by atoms with Gasteiger partial charge in [-0.1, -0.05) is 6.07 Å². The molecule has 2 amide bonds. The molecule has 1 unspecified atom stereocenters. The number of halogens is 1. The Morgan fingerprint density at radius 1 is 1.29 bits per heavy atom. The van der Waals surface area contributed by atoms with E-state index in [0.29, 0.717) is 12.0 Å². The summed E-state index contributed by atoms with van der Waals surface area (Å²) in [5.41, 5.74) is 2.92. The van der Waals surface area contributed by atoms with E-state index in [1.54, 1.807) is 6.07 Å². The smallest absolute Gasteiger partial charge is 0.325 e. The highest BCUT2D eigenvalue weighted by Crippen LogP contribution is 2.23. The molecule has 0 saturated heterocycles. The minimum Gasteiger partial charge on any atom is -0.480 e. The molecule has 8 nitrogen and oxygen atoms in total. The number of H-pyrrole nitrogens is 1. The second kappa shape index (κ2) is 8.20. The first-order chi connectivity index (χ1) is 13.3. The van der Waals surface area contributed by atoms with Crippen LogP contribution in [0.4, 0.5) is 14.9 Å². The molecule has 28 heavy (non-hydrogen) atoms. The number of fused-ring (bicyclic) bond motifs is 1. The van der Waals surface area contributed by atoms with E-state index in [2.05, 4.69) is 20.8 Å². The van der Waals surface area contributed by atoms with Gasteiger partial charge in [0.2, 0.25) is 0 Å². The van der Waals surface area contributed by atoms with Crippen molar-refractivity contribution in [2.75, 3.05) is 5.32 Å². The first-order valence-electron chi connectivity index (χ1n) is 9.03. The van der Waals surface area contributed by atoms with Crippen molar-refractivity contribution in [3.63, 3.8) is 0 Å². The first-order valence-corrected chi connectivity index (χ1v) is 9.03. The van der Waals surface area contributed by atoms with Gasteiger partial charge in [-0.05, 0) is 55.9 Å². The molecule has 1 atom stereocenters. The maximum atomic E-state index is 14.1. The van der Waals surface area contributed by atoms with E-state index >= 15 is 0 Å². The second-order valence-electron chi connectivity index (χ2n) is 6.81. The molecule has 9 heteroatoms. The number of carbonyl (C=O) groups is 2. The van der Waals surface area contributed by atoms with Gasteiger partial charge in [0, 0.05) is 12.0 Å². The van der Waals surface area contributed by atoms with Gasteiger partial charge in [-0.25, -0.2) is 14.3 Å². The summed E-state index contributed by atoms with van der Waals surface area (Å²) < 4.78 is 14.1. The number of carbonyl (C=O) groups excluding carboxylic acids is 1. The Balaban J connectivity index is 1.80. The highest BCUT2D eigenvalue weighted by molar-refractivity contribution is 5.92. The second-order valence-corrected chi connectivity index (χ2v) is 6.81. The van der Waals surface area contributed by atoms with Crippen LogP contribution in [-0.4, -0.2) is 33.3 Å². The van der Waals surface area contributed by atoms with E-state index in [-0.39, 0.29) is 11.2 Å². The molecular weight excluding hydrogens is 367 g/mol. The number of benzene rings is 1. The molecule has 0 spiro atoms. The van der Waals surface area contributed by atoms with Gasteiger partial charge in [-0.2, -0.15) is 5.10 Å². The summed E-state index contributed by atoms with van der Waals surface area (Å²) in [7, 11) is 0. The van der Waals surface area contributed by atoms with E-state index in [9.17, 15) is 18.8 Å². The lowest BCUT2D eigenvalue weighted by Gasteiger charge is -2.17. The fourth-order valence-electron chi connectivity index (χ4n) is 3.26. The lowest BCUT2D eigenvalue weighted by molar-refractivity contribution is -0.138. The number of aromatic nitrogens is 2. The van der Waals surface area contributed by atoms with Crippen molar-refractivity contribution in [1.29, 1.82) is 0 Å². The molecule has 148 valence electrons. The maximum Gasteiger partial charge on any atom is 0.325 e. The summed E-state index contributed by atoms with van der Waals surface area (Å²) >= 11 is 0. The first kappa shape index (κ1) is 19.5. The van der Waals surface area contributed by atoms with Crippen molar-refractivity contribution < 1.29 is 19.1 Å². The zero-order valence-corrected chi connectivity index (χ0v) is 15.3. The standard InChI is InChI=1S/C19H21FN4O4/c1-10(18(26)27)21-19(28)22-16-9-11(6-7-14(16)20)8-15-12-4-2-3-5-13(12)17(25)24-23-15/h6-7,9-10H,2-5,8H2,1H3,(H,24,25)(H,26,27)(H2,21,22,28). The lowest BCUT2D eigenvalue weighted by atomic mass is 9.90. The van der Waals surface area contributed by atoms with Crippen molar-refractivity contribution in [3.8, 4) is 0 Å². The van der Waals surface area contributed by atoms with E-state index in [1.807, 2.05) is 0 Å². The Hall–Kier alpha value is -3.23. The van der Waals surface area contributed by atoms with Crippen molar-refractivity contribution in [1.82, 2.24) is 15.5 Å². The van der Waals surface area contributed by atoms with Gasteiger partial charge >= 0.3 is 12.0 Å². The highest BCUT2D eigenvalue weighted by atomic mass is 19.1.